The second-order valence-corrected chi connectivity index (χ2v) is 6.92. The minimum Gasteiger partial charge on any atom is -0.356 e. The predicted octanol–water partition coefficient (Wildman–Crippen LogP) is 5.56. The van der Waals surface area contributed by atoms with E-state index < -0.39 is 0 Å². The van der Waals surface area contributed by atoms with Gasteiger partial charge in [-0.2, -0.15) is 0 Å². The van der Waals surface area contributed by atoms with Crippen LogP contribution >= 0.6 is 0 Å². The smallest absolute Gasteiger partial charge is 0.167 e. The monoisotopic (exact) mass is 368 g/mol. The Hall–Kier alpha value is -3.17. The van der Waals surface area contributed by atoms with E-state index in [1.165, 1.54) is 16.7 Å². The standard InChI is InChI=1S/C25H24N2O/c1-2-8-20-13-14-21(18-26-16-15-19-9-4-3-5-10-19)23(17-20)25-22-11-6-7-12-24(22)28-27-25/h2-7,9-14,17,26H,1,8,15-16,18H2. The van der Waals surface area contributed by atoms with Crippen LogP contribution in [0.3, 0.4) is 0 Å². The maximum absolute atomic E-state index is 5.55. The highest BCUT2D eigenvalue weighted by Crippen LogP contribution is 2.31. The molecule has 1 N–H and O–H groups in total. The molecule has 0 aliphatic carbocycles. The fourth-order valence-electron chi connectivity index (χ4n) is 3.47. The third-order valence-electron chi connectivity index (χ3n) is 4.94. The molecule has 140 valence electrons. The van der Waals surface area contributed by atoms with Gasteiger partial charge in [0.2, 0.25) is 0 Å². The van der Waals surface area contributed by atoms with Crippen LogP contribution in [0.2, 0.25) is 0 Å². The summed E-state index contributed by atoms with van der Waals surface area (Å²) in [7, 11) is 0. The Labute approximate surface area is 165 Å². The second-order valence-electron chi connectivity index (χ2n) is 6.92. The van der Waals surface area contributed by atoms with Crippen molar-refractivity contribution in [2.75, 3.05) is 6.54 Å². The van der Waals surface area contributed by atoms with E-state index in [-0.39, 0.29) is 0 Å². The number of para-hydroxylation sites is 1. The fourth-order valence-corrected chi connectivity index (χ4v) is 3.47. The number of hydrogen-bond acceptors (Lipinski definition) is 3. The first-order chi connectivity index (χ1) is 13.8. The van der Waals surface area contributed by atoms with Crippen LogP contribution in [0.25, 0.3) is 22.2 Å². The molecule has 0 radical (unpaired) electrons. The lowest BCUT2D eigenvalue weighted by atomic mass is 9.97. The van der Waals surface area contributed by atoms with Crippen LogP contribution in [0.15, 0.2) is 90.0 Å². The number of allylic oxidation sites excluding steroid dienone is 1. The van der Waals surface area contributed by atoms with E-state index in [0.29, 0.717) is 0 Å². The number of nitrogens with one attached hydrogen (secondary N) is 1. The molecule has 1 aromatic heterocycles. The van der Waals surface area contributed by atoms with Gasteiger partial charge in [-0.05, 0) is 54.3 Å². The molecule has 0 amide bonds. The molecule has 0 aliphatic heterocycles. The van der Waals surface area contributed by atoms with Crippen molar-refractivity contribution in [2.24, 2.45) is 0 Å². The lowest BCUT2D eigenvalue weighted by Gasteiger charge is -2.11. The summed E-state index contributed by atoms with van der Waals surface area (Å²) in [6.45, 7) is 5.58. The first kappa shape index (κ1) is 18.2. The van der Waals surface area contributed by atoms with Gasteiger partial charge in [0.15, 0.2) is 5.58 Å². The Balaban J connectivity index is 1.57. The molecule has 3 nitrogen and oxygen atoms in total. The van der Waals surface area contributed by atoms with Gasteiger partial charge < -0.3 is 9.84 Å². The average molecular weight is 368 g/mol. The normalized spacial score (nSPS) is 11.0. The third-order valence-corrected chi connectivity index (χ3v) is 4.94. The van der Waals surface area contributed by atoms with Crippen LogP contribution in [-0.2, 0) is 19.4 Å². The molecule has 3 aromatic carbocycles. The molecule has 28 heavy (non-hydrogen) atoms. The summed E-state index contributed by atoms with van der Waals surface area (Å²) >= 11 is 0. The van der Waals surface area contributed by atoms with Crippen LogP contribution in [0, 0.1) is 0 Å². The number of benzene rings is 3. The minimum absolute atomic E-state index is 0.789. The van der Waals surface area contributed by atoms with Crippen molar-refractivity contribution in [1.29, 1.82) is 0 Å². The van der Waals surface area contributed by atoms with Crippen molar-refractivity contribution < 1.29 is 4.52 Å². The third kappa shape index (κ3) is 4.05. The van der Waals surface area contributed by atoms with Gasteiger partial charge in [-0.3, -0.25) is 0 Å². The summed E-state index contributed by atoms with van der Waals surface area (Å²) in [6.07, 6.45) is 3.78. The zero-order valence-electron chi connectivity index (χ0n) is 15.9. The van der Waals surface area contributed by atoms with E-state index in [2.05, 4.69) is 71.6 Å². The van der Waals surface area contributed by atoms with Crippen molar-refractivity contribution in [3.05, 3.63) is 102 Å². The van der Waals surface area contributed by atoms with Crippen molar-refractivity contribution in [3.8, 4) is 11.3 Å². The van der Waals surface area contributed by atoms with E-state index >= 15 is 0 Å². The molecule has 1 heterocycles. The van der Waals surface area contributed by atoms with Crippen LogP contribution in [0.5, 0.6) is 0 Å². The molecule has 4 rings (SSSR count). The Morgan fingerprint density at radius 1 is 0.929 bits per heavy atom. The highest BCUT2D eigenvalue weighted by molar-refractivity contribution is 5.92. The van der Waals surface area contributed by atoms with Gasteiger partial charge in [0.05, 0.1) is 0 Å². The molecular weight excluding hydrogens is 344 g/mol. The van der Waals surface area contributed by atoms with Crippen molar-refractivity contribution in [1.82, 2.24) is 10.5 Å². The van der Waals surface area contributed by atoms with Gasteiger partial charge in [0.1, 0.15) is 5.69 Å². The average Bonchev–Trinajstić information content (AvgIpc) is 3.17. The quantitative estimate of drug-likeness (QED) is 0.327. The largest absolute Gasteiger partial charge is 0.356 e. The van der Waals surface area contributed by atoms with E-state index in [1.807, 2.05) is 24.3 Å². The molecule has 0 unspecified atom stereocenters. The lowest BCUT2D eigenvalue weighted by molar-refractivity contribution is 0.459. The predicted molar refractivity (Wildman–Crippen MR) is 115 cm³/mol. The van der Waals surface area contributed by atoms with E-state index in [9.17, 15) is 0 Å². The molecule has 3 heteroatoms. The second kappa shape index (κ2) is 8.68. The first-order valence-electron chi connectivity index (χ1n) is 9.67. The van der Waals surface area contributed by atoms with E-state index in [1.54, 1.807) is 0 Å². The lowest BCUT2D eigenvalue weighted by Crippen LogP contribution is -2.17. The SMILES string of the molecule is C=CCc1ccc(CNCCc2ccccc2)c(-c2noc3ccccc23)c1. The Morgan fingerprint density at radius 3 is 2.61 bits per heavy atom. The zero-order chi connectivity index (χ0) is 19.2. The minimum atomic E-state index is 0.789. The molecule has 0 aliphatic rings. The number of fused-ring (bicyclic) bond motifs is 1. The van der Waals surface area contributed by atoms with Crippen molar-refractivity contribution in [2.45, 2.75) is 19.4 Å². The number of hydrogen-bond donors (Lipinski definition) is 1. The fraction of sp³-hybridized carbons (Fsp3) is 0.160. The summed E-state index contributed by atoms with van der Waals surface area (Å²) in [5.74, 6) is 0. The summed E-state index contributed by atoms with van der Waals surface area (Å²) < 4.78 is 5.55. The maximum atomic E-state index is 5.55. The van der Waals surface area contributed by atoms with Gasteiger partial charge >= 0.3 is 0 Å². The maximum Gasteiger partial charge on any atom is 0.167 e. The highest BCUT2D eigenvalue weighted by atomic mass is 16.5. The zero-order valence-corrected chi connectivity index (χ0v) is 15.9. The Kier molecular flexibility index (Phi) is 5.64. The molecule has 0 bridgehead atoms. The van der Waals surface area contributed by atoms with E-state index in [4.69, 9.17) is 4.52 Å². The molecule has 4 aromatic rings. The number of aromatic nitrogens is 1. The van der Waals surface area contributed by atoms with Crippen LogP contribution in [0.4, 0.5) is 0 Å². The summed E-state index contributed by atoms with van der Waals surface area (Å²) in [6, 6.07) is 25.1. The van der Waals surface area contributed by atoms with Crippen molar-refractivity contribution >= 4 is 11.0 Å². The summed E-state index contributed by atoms with van der Waals surface area (Å²) in [5, 5.41) is 8.99. The molecular formula is C25H24N2O. The van der Waals surface area contributed by atoms with Gasteiger partial charge in [0.25, 0.3) is 0 Å². The molecule has 0 saturated heterocycles. The summed E-state index contributed by atoms with van der Waals surface area (Å²) in [5.41, 5.74) is 6.64. The summed E-state index contributed by atoms with van der Waals surface area (Å²) in [4.78, 5) is 0. The molecule has 0 spiro atoms. The van der Waals surface area contributed by atoms with Gasteiger partial charge in [-0.25, -0.2) is 0 Å². The van der Waals surface area contributed by atoms with Crippen molar-refractivity contribution in [3.63, 3.8) is 0 Å². The van der Waals surface area contributed by atoms with Gasteiger partial charge in [-0.1, -0.05) is 65.8 Å². The molecule has 0 atom stereocenters. The molecule has 0 saturated carbocycles. The first-order valence-corrected chi connectivity index (χ1v) is 9.67. The van der Waals surface area contributed by atoms with E-state index in [0.717, 1.165) is 48.2 Å². The van der Waals surface area contributed by atoms with Gasteiger partial charge in [0, 0.05) is 17.5 Å². The highest BCUT2D eigenvalue weighted by Gasteiger charge is 2.14. The molecule has 0 fully saturated rings. The van der Waals surface area contributed by atoms with Crippen LogP contribution in [0.1, 0.15) is 16.7 Å². The number of nitrogens with zero attached hydrogens (tertiary/aromatic N) is 1. The Bertz CT molecular complexity index is 1070. The van der Waals surface area contributed by atoms with Gasteiger partial charge in [-0.15, -0.1) is 6.58 Å². The van der Waals surface area contributed by atoms with Crippen LogP contribution in [-0.4, -0.2) is 11.7 Å². The topological polar surface area (TPSA) is 38.1 Å². The number of rotatable bonds is 8. The van der Waals surface area contributed by atoms with Crippen LogP contribution < -0.4 is 5.32 Å². The Morgan fingerprint density at radius 2 is 1.75 bits per heavy atom.